The van der Waals surface area contributed by atoms with Gasteiger partial charge < -0.3 is 14.7 Å². The van der Waals surface area contributed by atoms with Crippen molar-refractivity contribution in [3.63, 3.8) is 0 Å². The maximum absolute atomic E-state index is 4.29. The molecular formula is C19H31N3. The number of anilines is 1. The second-order valence-corrected chi connectivity index (χ2v) is 6.25. The predicted molar refractivity (Wildman–Crippen MR) is 96.1 cm³/mol. The third kappa shape index (κ3) is 4.77. The Kier molecular flexibility index (Phi) is 6.78. The maximum Gasteiger partial charge on any atom is 0.101 e. The normalized spacial score (nSPS) is 15.1. The van der Waals surface area contributed by atoms with Gasteiger partial charge in [0.2, 0.25) is 0 Å². The van der Waals surface area contributed by atoms with E-state index in [2.05, 4.69) is 65.6 Å². The maximum atomic E-state index is 4.29. The fraction of sp³-hybridized carbons (Fsp3) is 0.579. The average molecular weight is 301 g/mol. The molecule has 2 rings (SSSR count). The highest BCUT2D eigenvalue weighted by Crippen LogP contribution is 2.25. The van der Waals surface area contributed by atoms with Crippen LogP contribution in [0.2, 0.25) is 0 Å². The van der Waals surface area contributed by atoms with E-state index >= 15 is 0 Å². The van der Waals surface area contributed by atoms with Gasteiger partial charge in [0.05, 0.1) is 0 Å². The van der Waals surface area contributed by atoms with Gasteiger partial charge in [-0.3, -0.25) is 0 Å². The highest BCUT2D eigenvalue weighted by molar-refractivity contribution is 5.52. The molecule has 22 heavy (non-hydrogen) atoms. The molecule has 1 fully saturated rings. The van der Waals surface area contributed by atoms with E-state index in [0.717, 1.165) is 25.5 Å². The largest absolute Gasteiger partial charge is 0.357 e. The molecular weight excluding hydrogens is 270 g/mol. The molecule has 0 radical (unpaired) electrons. The van der Waals surface area contributed by atoms with E-state index in [4.69, 9.17) is 0 Å². The number of nitrogens with zero attached hydrogens (tertiary/aromatic N) is 3. The minimum absolute atomic E-state index is 1.05. The molecule has 0 N–H and O–H groups in total. The lowest BCUT2D eigenvalue weighted by Gasteiger charge is -2.24. The number of rotatable bonds is 9. The lowest BCUT2D eigenvalue weighted by molar-refractivity contribution is 0.306. The summed E-state index contributed by atoms with van der Waals surface area (Å²) >= 11 is 0. The first-order valence-corrected chi connectivity index (χ1v) is 8.67. The Morgan fingerprint density at radius 2 is 1.77 bits per heavy atom. The van der Waals surface area contributed by atoms with Crippen LogP contribution < -0.4 is 4.90 Å². The molecule has 0 unspecified atom stereocenters. The van der Waals surface area contributed by atoms with Crippen LogP contribution in [0, 0.1) is 0 Å². The van der Waals surface area contributed by atoms with Crippen molar-refractivity contribution < 1.29 is 0 Å². The molecule has 1 saturated heterocycles. The smallest absolute Gasteiger partial charge is 0.101 e. The molecule has 1 aromatic carbocycles. The van der Waals surface area contributed by atoms with Crippen molar-refractivity contribution in [2.24, 2.45) is 0 Å². The van der Waals surface area contributed by atoms with Crippen LogP contribution in [0.15, 0.2) is 42.7 Å². The number of para-hydroxylation sites is 1. The van der Waals surface area contributed by atoms with Crippen LogP contribution in [0.1, 0.15) is 32.6 Å². The molecule has 1 aliphatic heterocycles. The lowest BCUT2D eigenvalue weighted by Crippen LogP contribution is -2.25. The summed E-state index contributed by atoms with van der Waals surface area (Å²) in [6, 6.07) is 10.6. The number of unbranched alkanes of at least 4 members (excludes halogenated alkanes) is 2. The molecule has 0 spiro atoms. The van der Waals surface area contributed by atoms with Gasteiger partial charge in [-0.1, -0.05) is 38.1 Å². The van der Waals surface area contributed by atoms with E-state index in [0.29, 0.717) is 0 Å². The van der Waals surface area contributed by atoms with Gasteiger partial charge in [0, 0.05) is 25.3 Å². The molecule has 122 valence electrons. The topological polar surface area (TPSA) is 9.72 Å². The summed E-state index contributed by atoms with van der Waals surface area (Å²) in [5, 5.41) is 0. The number of hydrogen-bond acceptors (Lipinski definition) is 3. The Hall–Kier alpha value is -1.48. The summed E-state index contributed by atoms with van der Waals surface area (Å²) in [6.45, 7) is 12.3. The van der Waals surface area contributed by atoms with Gasteiger partial charge in [-0.05, 0) is 51.5 Å². The minimum Gasteiger partial charge on any atom is -0.357 e. The van der Waals surface area contributed by atoms with Crippen LogP contribution in [0.5, 0.6) is 0 Å². The van der Waals surface area contributed by atoms with Crippen molar-refractivity contribution >= 4 is 5.69 Å². The zero-order chi connectivity index (χ0) is 15.8. The molecule has 3 heteroatoms. The third-order valence-electron chi connectivity index (χ3n) is 4.45. The molecule has 0 aromatic heterocycles. The molecule has 0 aliphatic carbocycles. The molecule has 0 atom stereocenters. The Morgan fingerprint density at radius 1 is 1.05 bits per heavy atom. The van der Waals surface area contributed by atoms with Crippen LogP contribution in [-0.2, 0) is 0 Å². The van der Waals surface area contributed by atoms with Crippen LogP contribution in [0.3, 0.4) is 0 Å². The minimum atomic E-state index is 1.05. The zero-order valence-corrected chi connectivity index (χ0v) is 14.3. The highest BCUT2D eigenvalue weighted by atomic mass is 15.4. The summed E-state index contributed by atoms with van der Waals surface area (Å²) in [5.74, 6) is 1.16. The average Bonchev–Trinajstić information content (AvgIpc) is 2.91. The summed E-state index contributed by atoms with van der Waals surface area (Å²) in [7, 11) is 2.24. The quantitative estimate of drug-likeness (QED) is 0.643. The number of benzene rings is 1. The third-order valence-corrected chi connectivity index (χ3v) is 4.45. The number of hydrogen-bond donors (Lipinski definition) is 0. The summed E-state index contributed by atoms with van der Waals surface area (Å²) < 4.78 is 0. The summed E-state index contributed by atoms with van der Waals surface area (Å²) in [4.78, 5) is 7.21. The van der Waals surface area contributed by atoms with Crippen LogP contribution in [-0.4, -0.2) is 49.6 Å². The van der Waals surface area contributed by atoms with E-state index in [-0.39, 0.29) is 0 Å². The van der Waals surface area contributed by atoms with E-state index in [1.54, 1.807) is 0 Å². The highest BCUT2D eigenvalue weighted by Gasteiger charge is 2.23. The predicted octanol–water partition coefficient (Wildman–Crippen LogP) is 3.79. The standard InChI is InChI=1S/C19H31N3/c1-4-5-13-20(3)14-9-10-15-21-16-17-22(18(21)2)19-11-7-6-8-12-19/h6-8,11-12H,2,4-5,9-10,13-17H2,1,3H3. The summed E-state index contributed by atoms with van der Waals surface area (Å²) in [6.07, 6.45) is 5.12. The first kappa shape index (κ1) is 16.9. The van der Waals surface area contributed by atoms with Gasteiger partial charge in [0.25, 0.3) is 0 Å². The van der Waals surface area contributed by atoms with Crippen molar-refractivity contribution in [3.8, 4) is 0 Å². The van der Waals surface area contributed by atoms with Gasteiger partial charge in [-0.25, -0.2) is 0 Å². The van der Waals surface area contributed by atoms with Crippen LogP contribution >= 0.6 is 0 Å². The van der Waals surface area contributed by atoms with E-state index < -0.39 is 0 Å². The molecule has 1 aliphatic rings. The van der Waals surface area contributed by atoms with Crippen molar-refractivity contribution in [2.75, 3.05) is 44.7 Å². The fourth-order valence-corrected chi connectivity index (χ4v) is 3.00. The van der Waals surface area contributed by atoms with Gasteiger partial charge in [0.15, 0.2) is 0 Å². The van der Waals surface area contributed by atoms with E-state index in [1.165, 1.54) is 44.5 Å². The second-order valence-electron chi connectivity index (χ2n) is 6.25. The fourth-order valence-electron chi connectivity index (χ4n) is 3.00. The summed E-state index contributed by atoms with van der Waals surface area (Å²) in [5.41, 5.74) is 1.26. The van der Waals surface area contributed by atoms with Gasteiger partial charge in [-0.2, -0.15) is 0 Å². The van der Waals surface area contributed by atoms with E-state index in [1.807, 2.05) is 0 Å². The Labute approximate surface area is 136 Å². The molecule has 0 amide bonds. The van der Waals surface area contributed by atoms with Crippen LogP contribution in [0.25, 0.3) is 0 Å². The molecule has 1 heterocycles. The second kappa shape index (κ2) is 8.84. The first-order valence-electron chi connectivity index (χ1n) is 8.67. The molecule has 0 bridgehead atoms. The molecule has 0 saturated carbocycles. The van der Waals surface area contributed by atoms with Gasteiger partial charge in [-0.15, -0.1) is 0 Å². The van der Waals surface area contributed by atoms with Crippen molar-refractivity contribution in [2.45, 2.75) is 32.6 Å². The Bertz CT molecular complexity index is 443. The molecule has 3 nitrogen and oxygen atoms in total. The zero-order valence-electron chi connectivity index (χ0n) is 14.3. The van der Waals surface area contributed by atoms with Crippen molar-refractivity contribution in [1.29, 1.82) is 0 Å². The van der Waals surface area contributed by atoms with Gasteiger partial charge >= 0.3 is 0 Å². The molecule has 1 aromatic rings. The van der Waals surface area contributed by atoms with E-state index in [9.17, 15) is 0 Å². The Balaban J connectivity index is 1.68. The SMILES string of the molecule is C=C1N(CCCCN(C)CCCC)CCN1c1ccccc1. The van der Waals surface area contributed by atoms with Crippen molar-refractivity contribution in [3.05, 3.63) is 42.7 Å². The first-order chi connectivity index (χ1) is 10.7. The van der Waals surface area contributed by atoms with Crippen molar-refractivity contribution in [1.82, 2.24) is 9.80 Å². The Morgan fingerprint density at radius 3 is 2.50 bits per heavy atom. The monoisotopic (exact) mass is 301 g/mol. The van der Waals surface area contributed by atoms with Crippen LogP contribution in [0.4, 0.5) is 5.69 Å². The lowest BCUT2D eigenvalue weighted by atomic mass is 10.2. The van der Waals surface area contributed by atoms with Gasteiger partial charge in [0.1, 0.15) is 5.82 Å².